The molecule has 2 N–H and O–H groups in total. The van der Waals surface area contributed by atoms with Gasteiger partial charge >= 0.3 is 6.03 Å². The van der Waals surface area contributed by atoms with Gasteiger partial charge in [-0.15, -0.1) is 0 Å². The summed E-state index contributed by atoms with van der Waals surface area (Å²) < 4.78 is 0. The molecule has 0 radical (unpaired) electrons. The van der Waals surface area contributed by atoms with Crippen molar-refractivity contribution in [1.29, 1.82) is 0 Å². The lowest BCUT2D eigenvalue weighted by molar-refractivity contribution is 0.100. The van der Waals surface area contributed by atoms with Crippen LogP contribution < -0.4 is 10.6 Å². The average molecular weight is 298 g/mol. The second kappa shape index (κ2) is 6.57. The largest absolute Gasteiger partial charge is 0.326 e. The first-order valence-electron chi connectivity index (χ1n) is 6.47. The van der Waals surface area contributed by atoms with Crippen LogP contribution in [0.25, 0.3) is 0 Å². The van der Waals surface area contributed by atoms with E-state index in [0.29, 0.717) is 22.8 Å². The summed E-state index contributed by atoms with van der Waals surface area (Å²) in [5.41, 5.74) is 0.930. The molecule has 2 aromatic rings. The Kier molecular flexibility index (Phi) is 4.57. The van der Waals surface area contributed by atoms with Crippen LogP contribution in [0.5, 0.6) is 0 Å². The van der Waals surface area contributed by atoms with E-state index in [1.807, 2.05) is 0 Å². The van der Waals surface area contributed by atoms with Crippen molar-refractivity contribution in [1.82, 2.24) is 9.97 Å². The Labute approximate surface area is 126 Å². The van der Waals surface area contributed by atoms with Gasteiger partial charge in [0.15, 0.2) is 11.6 Å². The fourth-order valence-electron chi connectivity index (χ4n) is 1.62. The van der Waals surface area contributed by atoms with Gasteiger partial charge in [0.25, 0.3) is 0 Å². The highest BCUT2D eigenvalue weighted by Crippen LogP contribution is 2.08. The van der Waals surface area contributed by atoms with Crippen molar-refractivity contribution in [2.75, 3.05) is 10.6 Å². The van der Waals surface area contributed by atoms with E-state index >= 15 is 0 Å². The minimum Gasteiger partial charge on any atom is -0.294 e. The molecule has 22 heavy (non-hydrogen) atoms. The van der Waals surface area contributed by atoms with Gasteiger partial charge in [-0.25, -0.2) is 14.8 Å². The van der Waals surface area contributed by atoms with Gasteiger partial charge in [0.05, 0.1) is 0 Å². The number of hydrogen-bond acceptors (Lipinski definition) is 5. The fourth-order valence-corrected chi connectivity index (χ4v) is 1.62. The lowest BCUT2D eigenvalue weighted by atomic mass is 10.2. The molecule has 0 atom stereocenters. The van der Waals surface area contributed by atoms with E-state index in [9.17, 15) is 14.4 Å². The zero-order chi connectivity index (χ0) is 16.1. The van der Waals surface area contributed by atoms with Crippen LogP contribution in [0.4, 0.5) is 16.4 Å². The molecule has 2 aromatic heterocycles. The average Bonchev–Trinajstić information content (AvgIpc) is 2.48. The van der Waals surface area contributed by atoms with E-state index < -0.39 is 6.03 Å². The molecule has 0 bridgehead atoms. The molecule has 0 aliphatic rings. The summed E-state index contributed by atoms with van der Waals surface area (Å²) in [7, 11) is 0. The molecule has 2 rings (SSSR count). The lowest BCUT2D eigenvalue weighted by Gasteiger charge is -2.07. The van der Waals surface area contributed by atoms with Gasteiger partial charge in [-0.2, -0.15) is 0 Å². The summed E-state index contributed by atoms with van der Waals surface area (Å²) in [6, 6.07) is 5.69. The standard InChI is InChI=1S/C15H14N4O3/c1-9(20)11-3-5-13(16-7-11)18-15(22)19-14-6-4-12(8-17-14)10(2)21/h3-8H,1-2H3,(H2,16,17,18,19,22). The molecule has 0 saturated heterocycles. The number of carbonyl (C=O) groups excluding carboxylic acids is 3. The third-order valence-electron chi connectivity index (χ3n) is 2.82. The van der Waals surface area contributed by atoms with Gasteiger partial charge < -0.3 is 0 Å². The van der Waals surface area contributed by atoms with Crippen molar-refractivity contribution in [2.45, 2.75) is 13.8 Å². The van der Waals surface area contributed by atoms with E-state index in [-0.39, 0.29) is 11.6 Å². The third-order valence-corrected chi connectivity index (χ3v) is 2.82. The van der Waals surface area contributed by atoms with E-state index in [4.69, 9.17) is 0 Å². The van der Waals surface area contributed by atoms with Crippen molar-refractivity contribution in [3.8, 4) is 0 Å². The molecule has 2 amide bonds. The molecular weight excluding hydrogens is 284 g/mol. The Hall–Kier alpha value is -3.09. The van der Waals surface area contributed by atoms with Crippen molar-refractivity contribution >= 4 is 29.2 Å². The van der Waals surface area contributed by atoms with Gasteiger partial charge in [0.1, 0.15) is 11.6 Å². The van der Waals surface area contributed by atoms with E-state index in [2.05, 4.69) is 20.6 Å². The van der Waals surface area contributed by atoms with Crippen LogP contribution in [-0.4, -0.2) is 27.6 Å². The van der Waals surface area contributed by atoms with Crippen LogP contribution in [-0.2, 0) is 0 Å². The zero-order valence-electron chi connectivity index (χ0n) is 12.1. The van der Waals surface area contributed by atoms with Crippen LogP contribution >= 0.6 is 0 Å². The molecule has 0 spiro atoms. The Bertz CT molecular complexity index is 647. The predicted molar refractivity (Wildman–Crippen MR) is 81.1 cm³/mol. The molecule has 0 unspecified atom stereocenters. The number of urea groups is 1. The number of aromatic nitrogens is 2. The number of nitrogens with one attached hydrogen (secondary N) is 2. The third kappa shape index (κ3) is 3.95. The van der Waals surface area contributed by atoms with Crippen molar-refractivity contribution in [3.05, 3.63) is 47.8 Å². The number of Topliss-reactive ketones (excluding diaryl/α,β-unsaturated/α-hetero) is 2. The normalized spacial score (nSPS) is 9.91. The Balaban J connectivity index is 1.97. The molecular formula is C15H14N4O3. The molecule has 0 fully saturated rings. The van der Waals surface area contributed by atoms with Crippen LogP contribution in [0.3, 0.4) is 0 Å². The zero-order valence-corrected chi connectivity index (χ0v) is 12.1. The number of hydrogen-bond donors (Lipinski definition) is 2. The highest BCUT2D eigenvalue weighted by molar-refractivity contribution is 5.99. The van der Waals surface area contributed by atoms with Gasteiger partial charge in [-0.05, 0) is 38.1 Å². The number of amides is 2. The first-order chi connectivity index (χ1) is 10.5. The predicted octanol–water partition coefficient (Wildman–Crippen LogP) is 2.53. The number of nitrogens with zero attached hydrogens (tertiary/aromatic N) is 2. The Morgan fingerprint density at radius 2 is 1.18 bits per heavy atom. The van der Waals surface area contributed by atoms with Gasteiger partial charge in [-0.1, -0.05) is 0 Å². The monoisotopic (exact) mass is 298 g/mol. The highest BCUT2D eigenvalue weighted by atomic mass is 16.2. The van der Waals surface area contributed by atoms with Crippen molar-refractivity contribution in [2.24, 2.45) is 0 Å². The quantitative estimate of drug-likeness (QED) is 0.845. The maximum Gasteiger partial charge on any atom is 0.326 e. The van der Waals surface area contributed by atoms with E-state index in [1.165, 1.54) is 38.4 Å². The van der Waals surface area contributed by atoms with Crippen LogP contribution in [0.15, 0.2) is 36.7 Å². The molecule has 0 aromatic carbocycles. The second-order valence-electron chi connectivity index (χ2n) is 4.56. The Morgan fingerprint density at radius 3 is 1.45 bits per heavy atom. The smallest absolute Gasteiger partial charge is 0.294 e. The molecule has 0 saturated carbocycles. The molecule has 0 aliphatic carbocycles. The van der Waals surface area contributed by atoms with Gasteiger partial charge in [0.2, 0.25) is 0 Å². The van der Waals surface area contributed by atoms with Crippen LogP contribution in [0, 0.1) is 0 Å². The van der Waals surface area contributed by atoms with Crippen molar-refractivity contribution in [3.63, 3.8) is 0 Å². The number of ketones is 2. The van der Waals surface area contributed by atoms with Crippen LogP contribution in [0.1, 0.15) is 34.6 Å². The summed E-state index contributed by atoms with van der Waals surface area (Å²) in [6.07, 6.45) is 2.77. The number of rotatable bonds is 4. The molecule has 0 aliphatic heterocycles. The van der Waals surface area contributed by atoms with E-state index in [0.717, 1.165) is 0 Å². The maximum atomic E-state index is 11.8. The fraction of sp³-hybridized carbons (Fsp3) is 0.133. The first kappa shape index (κ1) is 15.3. The van der Waals surface area contributed by atoms with Gasteiger partial charge in [0, 0.05) is 23.5 Å². The topological polar surface area (TPSA) is 101 Å². The summed E-state index contributed by atoms with van der Waals surface area (Å²) in [6.45, 7) is 2.88. The molecule has 7 nitrogen and oxygen atoms in total. The number of anilines is 2. The summed E-state index contributed by atoms with van der Waals surface area (Å²) in [4.78, 5) is 42.0. The SMILES string of the molecule is CC(=O)c1ccc(NC(=O)Nc2ccc(C(C)=O)cn2)nc1. The highest BCUT2D eigenvalue weighted by Gasteiger charge is 2.06. The van der Waals surface area contributed by atoms with Crippen molar-refractivity contribution < 1.29 is 14.4 Å². The lowest BCUT2D eigenvalue weighted by Crippen LogP contribution is -2.20. The first-order valence-corrected chi connectivity index (χ1v) is 6.47. The molecule has 7 heteroatoms. The summed E-state index contributed by atoms with van der Waals surface area (Å²) in [5, 5.41) is 5.03. The Morgan fingerprint density at radius 1 is 0.773 bits per heavy atom. The second-order valence-corrected chi connectivity index (χ2v) is 4.56. The maximum absolute atomic E-state index is 11.8. The van der Waals surface area contributed by atoms with Crippen LogP contribution in [0.2, 0.25) is 0 Å². The minimum absolute atomic E-state index is 0.0988. The molecule has 112 valence electrons. The summed E-state index contributed by atoms with van der Waals surface area (Å²) in [5.74, 6) is 0.419. The summed E-state index contributed by atoms with van der Waals surface area (Å²) >= 11 is 0. The van der Waals surface area contributed by atoms with E-state index in [1.54, 1.807) is 12.1 Å². The number of carbonyl (C=O) groups is 3. The minimum atomic E-state index is -0.522. The molecule has 2 heterocycles. The van der Waals surface area contributed by atoms with Gasteiger partial charge in [-0.3, -0.25) is 20.2 Å². The number of pyridine rings is 2.